The molecule has 0 amide bonds. The van der Waals surface area contributed by atoms with Crippen LogP contribution in [-0.2, 0) is 9.47 Å². The van der Waals surface area contributed by atoms with Crippen LogP contribution in [-0.4, -0.2) is 35.2 Å². The number of rotatable bonds is 14. The second-order valence-electron chi connectivity index (χ2n) is 10.7. The highest BCUT2D eigenvalue weighted by Crippen LogP contribution is 2.21. The number of hydrogen-bond donors (Lipinski definition) is 1. The highest BCUT2D eigenvalue weighted by Gasteiger charge is 2.16. The summed E-state index contributed by atoms with van der Waals surface area (Å²) < 4.78 is 10.9. The lowest BCUT2D eigenvalue weighted by molar-refractivity contribution is 0.0282. The Morgan fingerprint density at radius 1 is 0.643 bits per heavy atom. The molecule has 0 saturated heterocycles. The number of carbonyl (C=O) groups excluding carboxylic acids is 2. The van der Waals surface area contributed by atoms with Gasteiger partial charge in [0.2, 0.25) is 0 Å². The first-order valence-corrected chi connectivity index (χ1v) is 15.1. The number of ether oxygens (including phenoxy) is 2. The molecule has 0 fully saturated rings. The molecule has 0 saturated carbocycles. The third-order valence-electron chi connectivity index (χ3n) is 7.25. The zero-order chi connectivity index (χ0) is 30.9. The van der Waals surface area contributed by atoms with Gasteiger partial charge in [-0.05, 0) is 86.6 Å². The van der Waals surface area contributed by atoms with Crippen molar-refractivity contribution in [2.45, 2.75) is 91.8 Å². The summed E-state index contributed by atoms with van der Waals surface area (Å²) in [5, 5.41) is 8.76. The van der Waals surface area contributed by atoms with Crippen LogP contribution >= 0.6 is 0 Å². The number of aromatic carboxylic acids is 1. The van der Waals surface area contributed by atoms with Crippen molar-refractivity contribution in [3.8, 4) is 11.1 Å². The van der Waals surface area contributed by atoms with E-state index in [-0.39, 0.29) is 23.7 Å². The Balaban J connectivity index is 0.000000299. The summed E-state index contributed by atoms with van der Waals surface area (Å²) in [7, 11) is 0. The topological polar surface area (TPSA) is 89.9 Å². The summed E-state index contributed by atoms with van der Waals surface area (Å²) in [4.78, 5) is 34.7. The van der Waals surface area contributed by atoms with E-state index in [4.69, 9.17) is 14.6 Å². The van der Waals surface area contributed by atoms with Gasteiger partial charge in [-0.15, -0.1) is 0 Å². The second-order valence-corrected chi connectivity index (χ2v) is 10.7. The minimum atomic E-state index is -1.01. The molecule has 0 bridgehead atoms. The van der Waals surface area contributed by atoms with Crippen molar-refractivity contribution in [1.82, 2.24) is 0 Å². The van der Waals surface area contributed by atoms with E-state index in [1.807, 2.05) is 56.3 Å². The number of carboxylic acids is 1. The molecule has 3 aromatic carbocycles. The van der Waals surface area contributed by atoms with Crippen molar-refractivity contribution in [3.05, 3.63) is 95.6 Å². The fourth-order valence-corrected chi connectivity index (χ4v) is 4.56. The van der Waals surface area contributed by atoms with E-state index in [2.05, 4.69) is 32.9 Å². The summed E-state index contributed by atoms with van der Waals surface area (Å²) >= 11 is 0. The lowest BCUT2D eigenvalue weighted by atomic mass is 9.97. The maximum atomic E-state index is 12.2. The van der Waals surface area contributed by atoms with E-state index in [0.29, 0.717) is 17.0 Å². The first-order chi connectivity index (χ1) is 20.2. The molecule has 3 rings (SSSR count). The van der Waals surface area contributed by atoms with Crippen LogP contribution in [0.4, 0.5) is 0 Å². The van der Waals surface area contributed by atoms with Crippen LogP contribution in [0.25, 0.3) is 11.1 Å². The van der Waals surface area contributed by atoms with E-state index in [1.165, 1.54) is 24.3 Å². The number of benzene rings is 3. The maximum Gasteiger partial charge on any atom is 0.338 e. The van der Waals surface area contributed by atoms with Crippen LogP contribution in [0.3, 0.4) is 0 Å². The Kier molecular flexibility index (Phi) is 15.1. The third kappa shape index (κ3) is 11.9. The number of carbonyl (C=O) groups is 3. The average molecular weight is 575 g/mol. The van der Waals surface area contributed by atoms with Gasteiger partial charge in [-0.25, -0.2) is 14.4 Å². The van der Waals surface area contributed by atoms with Crippen LogP contribution in [0.5, 0.6) is 0 Å². The molecule has 3 aromatic rings. The van der Waals surface area contributed by atoms with Crippen molar-refractivity contribution in [2.24, 2.45) is 5.92 Å². The van der Waals surface area contributed by atoms with Crippen LogP contribution in [0.1, 0.15) is 111 Å². The summed E-state index contributed by atoms with van der Waals surface area (Å²) in [6, 6.07) is 23.5. The molecule has 0 aliphatic heterocycles. The van der Waals surface area contributed by atoms with Gasteiger partial charge in [0, 0.05) is 0 Å². The molecule has 1 N–H and O–H groups in total. The predicted molar refractivity (Wildman–Crippen MR) is 168 cm³/mol. The maximum absolute atomic E-state index is 12.2. The van der Waals surface area contributed by atoms with Crippen molar-refractivity contribution in [1.29, 1.82) is 0 Å². The summed E-state index contributed by atoms with van der Waals surface area (Å²) in [6.45, 7) is 10.4. The molecule has 0 aromatic heterocycles. The third-order valence-corrected chi connectivity index (χ3v) is 7.25. The zero-order valence-electron chi connectivity index (χ0n) is 25.7. The zero-order valence-corrected chi connectivity index (χ0v) is 25.7. The van der Waals surface area contributed by atoms with Crippen LogP contribution < -0.4 is 0 Å². The van der Waals surface area contributed by atoms with Gasteiger partial charge in [-0.2, -0.15) is 0 Å². The molecular formula is C36H46O6. The monoisotopic (exact) mass is 574 g/mol. The van der Waals surface area contributed by atoms with Crippen molar-refractivity contribution in [2.75, 3.05) is 0 Å². The fourth-order valence-electron chi connectivity index (χ4n) is 4.56. The molecule has 6 heteroatoms. The molecular weight excluding hydrogens is 528 g/mol. The molecule has 0 aliphatic rings. The molecule has 0 heterocycles. The average Bonchev–Trinajstić information content (AvgIpc) is 3.00. The van der Waals surface area contributed by atoms with Gasteiger partial charge in [-0.3, -0.25) is 0 Å². The fraction of sp³-hybridized carbons (Fsp3) is 0.417. The molecule has 0 unspecified atom stereocenters. The largest absolute Gasteiger partial charge is 0.478 e. The smallest absolute Gasteiger partial charge is 0.338 e. The number of carboxylic acid groups (broad SMARTS) is 1. The van der Waals surface area contributed by atoms with Gasteiger partial charge in [0.25, 0.3) is 0 Å². The first-order valence-electron chi connectivity index (χ1n) is 15.1. The van der Waals surface area contributed by atoms with Gasteiger partial charge in [-0.1, -0.05) is 88.9 Å². The summed E-state index contributed by atoms with van der Waals surface area (Å²) in [6.07, 6.45) is 7.21. The Hall–Kier alpha value is -3.93. The quantitative estimate of drug-likeness (QED) is 0.152. The standard InChI is InChI=1S/C21H26O2.C15H20O4/c1-4-17(5-2)15-16(3)23-21(22)20-13-11-19(12-14-20)18-9-7-6-8-10-18;1-3-4-5-6-11(2)19-15(18)13-9-7-12(8-10-13)14(16)17/h6-14,16-17H,4-5,15H2,1-3H3;7-11H,3-6H2,1-2H3,(H,16,17)/t16-;11-/m11/s1. The Bertz CT molecular complexity index is 1210. The van der Waals surface area contributed by atoms with Crippen molar-refractivity contribution < 1.29 is 29.0 Å². The van der Waals surface area contributed by atoms with E-state index < -0.39 is 11.9 Å². The van der Waals surface area contributed by atoms with Gasteiger partial charge in [0.05, 0.1) is 28.9 Å². The predicted octanol–water partition coefficient (Wildman–Crippen LogP) is 9.24. The molecule has 0 spiro atoms. The van der Waals surface area contributed by atoms with Crippen LogP contribution in [0.2, 0.25) is 0 Å². The van der Waals surface area contributed by atoms with E-state index >= 15 is 0 Å². The highest BCUT2D eigenvalue weighted by molar-refractivity contribution is 5.92. The minimum absolute atomic E-state index is 0.0406. The van der Waals surface area contributed by atoms with Gasteiger partial charge in [0.1, 0.15) is 0 Å². The van der Waals surface area contributed by atoms with E-state index in [9.17, 15) is 14.4 Å². The van der Waals surface area contributed by atoms with Crippen LogP contribution in [0, 0.1) is 5.92 Å². The Labute approximate surface area is 251 Å². The minimum Gasteiger partial charge on any atom is -0.478 e. The second kappa shape index (κ2) is 18.5. The molecule has 6 nitrogen and oxygen atoms in total. The van der Waals surface area contributed by atoms with E-state index in [0.717, 1.165) is 56.1 Å². The van der Waals surface area contributed by atoms with Gasteiger partial charge in [0.15, 0.2) is 0 Å². The van der Waals surface area contributed by atoms with Crippen molar-refractivity contribution in [3.63, 3.8) is 0 Å². The molecule has 2 atom stereocenters. The van der Waals surface area contributed by atoms with Gasteiger partial charge >= 0.3 is 17.9 Å². The molecule has 226 valence electrons. The SMILES string of the molecule is CCC(CC)C[C@@H](C)OC(=O)c1ccc(-c2ccccc2)cc1.CCCCC[C@@H](C)OC(=O)c1ccc(C(=O)O)cc1. The lowest BCUT2D eigenvalue weighted by Crippen LogP contribution is -2.18. The number of hydrogen-bond acceptors (Lipinski definition) is 5. The first kappa shape index (κ1) is 34.3. The summed E-state index contributed by atoms with van der Waals surface area (Å²) in [5.41, 5.74) is 3.41. The van der Waals surface area contributed by atoms with Crippen LogP contribution in [0.15, 0.2) is 78.9 Å². The Morgan fingerprint density at radius 3 is 1.62 bits per heavy atom. The normalized spacial score (nSPS) is 12.0. The lowest BCUT2D eigenvalue weighted by Gasteiger charge is -2.18. The molecule has 42 heavy (non-hydrogen) atoms. The highest BCUT2D eigenvalue weighted by atomic mass is 16.5. The number of esters is 2. The van der Waals surface area contributed by atoms with Crippen molar-refractivity contribution >= 4 is 17.9 Å². The Morgan fingerprint density at radius 2 is 1.12 bits per heavy atom. The van der Waals surface area contributed by atoms with Gasteiger partial charge < -0.3 is 14.6 Å². The summed E-state index contributed by atoms with van der Waals surface area (Å²) in [5.74, 6) is -1.02. The number of unbranched alkanes of at least 4 members (excludes halogenated alkanes) is 2. The molecule has 0 radical (unpaired) electrons. The molecule has 0 aliphatic carbocycles. The van der Waals surface area contributed by atoms with E-state index in [1.54, 1.807) is 0 Å².